The van der Waals surface area contributed by atoms with Crippen molar-refractivity contribution in [3.05, 3.63) is 35.1 Å². The first kappa shape index (κ1) is 16.1. The SMILES string of the molecule is CCN(CC)C(=O)C(C)NCc1ccc(F)c(C#N)c1. The van der Waals surface area contributed by atoms with E-state index in [0.717, 1.165) is 5.56 Å². The fraction of sp³-hybridized carbons (Fsp3) is 0.467. The molecule has 0 aliphatic heterocycles. The van der Waals surface area contributed by atoms with Gasteiger partial charge in [-0.15, -0.1) is 0 Å². The van der Waals surface area contributed by atoms with E-state index in [4.69, 9.17) is 5.26 Å². The number of amides is 1. The fourth-order valence-electron chi connectivity index (χ4n) is 1.94. The molecular formula is C15H20FN3O. The van der Waals surface area contributed by atoms with Gasteiger partial charge >= 0.3 is 0 Å². The first-order valence-electron chi connectivity index (χ1n) is 6.74. The van der Waals surface area contributed by atoms with Crippen LogP contribution in [0.4, 0.5) is 4.39 Å². The van der Waals surface area contributed by atoms with Crippen LogP contribution in [0.2, 0.25) is 0 Å². The molecule has 0 aliphatic carbocycles. The lowest BCUT2D eigenvalue weighted by atomic mass is 10.1. The van der Waals surface area contributed by atoms with Crippen molar-refractivity contribution >= 4 is 5.91 Å². The van der Waals surface area contributed by atoms with Crippen LogP contribution in [0.5, 0.6) is 0 Å². The van der Waals surface area contributed by atoms with E-state index < -0.39 is 5.82 Å². The number of likely N-dealkylation sites (N-methyl/N-ethyl adjacent to an activating group) is 1. The summed E-state index contributed by atoms with van der Waals surface area (Å²) in [6.45, 7) is 7.45. The minimum atomic E-state index is -0.525. The summed E-state index contributed by atoms with van der Waals surface area (Å²) in [5, 5.41) is 11.9. The van der Waals surface area contributed by atoms with Crippen molar-refractivity contribution in [1.82, 2.24) is 10.2 Å². The van der Waals surface area contributed by atoms with E-state index in [1.807, 2.05) is 13.8 Å². The zero-order valence-corrected chi connectivity index (χ0v) is 12.1. The molecule has 20 heavy (non-hydrogen) atoms. The molecule has 0 heterocycles. The third-order valence-electron chi connectivity index (χ3n) is 3.21. The average Bonchev–Trinajstić information content (AvgIpc) is 2.47. The highest BCUT2D eigenvalue weighted by atomic mass is 19.1. The molecule has 0 saturated carbocycles. The summed E-state index contributed by atoms with van der Waals surface area (Å²) in [7, 11) is 0. The minimum Gasteiger partial charge on any atom is -0.342 e. The summed E-state index contributed by atoms with van der Waals surface area (Å²) in [5.41, 5.74) is 0.800. The van der Waals surface area contributed by atoms with Gasteiger partial charge in [0.1, 0.15) is 11.9 Å². The number of nitrogens with one attached hydrogen (secondary N) is 1. The maximum atomic E-state index is 13.2. The maximum Gasteiger partial charge on any atom is 0.239 e. The van der Waals surface area contributed by atoms with E-state index in [0.29, 0.717) is 19.6 Å². The summed E-state index contributed by atoms with van der Waals surface area (Å²) in [6, 6.07) is 5.87. The highest BCUT2D eigenvalue weighted by Crippen LogP contribution is 2.09. The fourth-order valence-corrected chi connectivity index (χ4v) is 1.94. The van der Waals surface area contributed by atoms with Gasteiger partial charge in [0.15, 0.2) is 0 Å². The maximum absolute atomic E-state index is 13.2. The van der Waals surface area contributed by atoms with Crippen LogP contribution >= 0.6 is 0 Å². The van der Waals surface area contributed by atoms with Gasteiger partial charge in [-0.05, 0) is 38.5 Å². The molecule has 0 fully saturated rings. The Morgan fingerprint density at radius 1 is 1.45 bits per heavy atom. The predicted octanol–water partition coefficient (Wildman–Crippen LogP) is 2.04. The number of halogens is 1. The zero-order valence-electron chi connectivity index (χ0n) is 12.1. The molecule has 1 aromatic rings. The molecule has 0 aliphatic rings. The molecule has 0 radical (unpaired) electrons. The number of nitriles is 1. The number of benzene rings is 1. The summed E-state index contributed by atoms with van der Waals surface area (Å²) < 4.78 is 13.2. The predicted molar refractivity (Wildman–Crippen MR) is 75.3 cm³/mol. The second-order valence-electron chi connectivity index (χ2n) is 4.54. The number of carbonyl (C=O) groups excluding carboxylic acids is 1. The van der Waals surface area contributed by atoms with Crippen molar-refractivity contribution in [3.63, 3.8) is 0 Å². The van der Waals surface area contributed by atoms with Crippen LogP contribution in [0.1, 0.15) is 31.9 Å². The van der Waals surface area contributed by atoms with Crippen molar-refractivity contribution in [2.24, 2.45) is 0 Å². The second kappa shape index (κ2) is 7.61. The lowest BCUT2D eigenvalue weighted by Crippen LogP contribution is -2.44. The molecule has 4 nitrogen and oxygen atoms in total. The minimum absolute atomic E-state index is 0.0204. The topological polar surface area (TPSA) is 56.1 Å². The van der Waals surface area contributed by atoms with Gasteiger partial charge in [0.2, 0.25) is 5.91 Å². The zero-order chi connectivity index (χ0) is 15.1. The van der Waals surface area contributed by atoms with Crippen molar-refractivity contribution in [2.45, 2.75) is 33.4 Å². The van der Waals surface area contributed by atoms with Crippen molar-refractivity contribution in [3.8, 4) is 6.07 Å². The number of hydrogen-bond donors (Lipinski definition) is 1. The lowest BCUT2D eigenvalue weighted by molar-refractivity contribution is -0.132. The highest BCUT2D eigenvalue weighted by molar-refractivity contribution is 5.81. The Labute approximate surface area is 119 Å². The first-order valence-corrected chi connectivity index (χ1v) is 6.74. The van der Waals surface area contributed by atoms with Gasteiger partial charge in [0.05, 0.1) is 11.6 Å². The monoisotopic (exact) mass is 277 g/mol. The first-order chi connectivity index (χ1) is 9.53. The molecule has 0 spiro atoms. The Balaban J connectivity index is 2.63. The molecule has 1 atom stereocenters. The van der Waals surface area contributed by atoms with E-state index in [-0.39, 0.29) is 17.5 Å². The van der Waals surface area contributed by atoms with Crippen molar-refractivity contribution < 1.29 is 9.18 Å². The summed E-state index contributed by atoms with van der Waals surface area (Å²) in [6.07, 6.45) is 0. The largest absolute Gasteiger partial charge is 0.342 e. The van der Waals surface area contributed by atoms with Gasteiger partial charge < -0.3 is 10.2 Å². The molecule has 1 N–H and O–H groups in total. The van der Waals surface area contributed by atoms with E-state index in [2.05, 4.69) is 5.32 Å². The van der Waals surface area contributed by atoms with Gasteiger partial charge in [-0.3, -0.25) is 4.79 Å². The Hall–Kier alpha value is -1.93. The highest BCUT2D eigenvalue weighted by Gasteiger charge is 2.17. The summed E-state index contributed by atoms with van der Waals surface area (Å²) in [5.74, 6) is -0.485. The Morgan fingerprint density at radius 2 is 2.10 bits per heavy atom. The third kappa shape index (κ3) is 4.04. The number of rotatable bonds is 6. The van der Waals surface area contributed by atoms with Gasteiger partial charge in [-0.25, -0.2) is 4.39 Å². The van der Waals surface area contributed by atoms with Crippen LogP contribution in [-0.4, -0.2) is 29.9 Å². The van der Waals surface area contributed by atoms with Gasteiger partial charge in [0.25, 0.3) is 0 Å². The van der Waals surface area contributed by atoms with E-state index in [1.165, 1.54) is 12.1 Å². The van der Waals surface area contributed by atoms with E-state index >= 15 is 0 Å². The van der Waals surface area contributed by atoms with Crippen molar-refractivity contribution in [1.29, 1.82) is 5.26 Å². The third-order valence-corrected chi connectivity index (χ3v) is 3.21. The normalized spacial score (nSPS) is 11.8. The molecule has 1 unspecified atom stereocenters. The quantitative estimate of drug-likeness (QED) is 0.865. The average molecular weight is 277 g/mol. The molecule has 5 heteroatoms. The number of carbonyl (C=O) groups is 1. The second-order valence-corrected chi connectivity index (χ2v) is 4.54. The Kier molecular flexibility index (Phi) is 6.13. The van der Waals surface area contributed by atoms with Gasteiger partial charge in [-0.2, -0.15) is 5.26 Å². The number of hydrogen-bond acceptors (Lipinski definition) is 3. The molecule has 1 amide bonds. The molecule has 0 aromatic heterocycles. The van der Waals surface area contributed by atoms with Gasteiger partial charge in [0, 0.05) is 19.6 Å². The van der Waals surface area contributed by atoms with Crippen LogP contribution in [-0.2, 0) is 11.3 Å². The summed E-state index contributed by atoms with van der Waals surface area (Å²) in [4.78, 5) is 13.8. The molecular weight excluding hydrogens is 257 g/mol. The molecule has 108 valence electrons. The van der Waals surface area contributed by atoms with E-state index in [9.17, 15) is 9.18 Å². The van der Waals surface area contributed by atoms with Crippen LogP contribution < -0.4 is 5.32 Å². The smallest absolute Gasteiger partial charge is 0.239 e. The van der Waals surface area contributed by atoms with Crippen molar-refractivity contribution in [2.75, 3.05) is 13.1 Å². The molecule has 0 saturated heterocycles. The van der Waals surface area contributed by atoms with Crippen LogP contribution in [0.25, 0.3) is 0 Å². The van der Waals surface area contributed by atoms with Gasteiger partial charge in [-0.1, -0.05) is 6.07 Å². The Bertz CT molecular complexity index is 506. The van der Waals surface area contributed by atoms with Crippen LogP contribution in [0.3, 0.4) is 0 Å². The van der Waals surface area contributed by atoms with Crippen LogP contribution in [0, 0.1) is 17.1 Å². The van der Waals surface area contributed by atoms with Crippen LogP contribution in [0.15, 0.2) is 18.2 Å². The molecule has 1 rings (SSSR count). The Morgan fingerprint density at radius 3 is 2.65 bits per heavy atom. The molecule has 1 aromatic carbocycles. The van der Waals surface area contributed by atoms with E-state index in [1.54, 1.807) is 24.0 Å². The summed E-state index contributed by atoms with van der Waals surface area (Å²) >= 11 is 0. The number of nitrogens with zero attached hydrogens (tertiary/aromatic N) is 2. The standard InChI is InChI=1S/C15H20FN3O/c1-4-19(5-2)15(20)11(3)18-10-12-6-7-14(16)13(8-12)9-17/h6-8,11,18H,4-5,10H2,1-3H3. The lowest BCUT2D eigenvalue weighted by Gasteiger charge is -2.23. The molecule has 0 bridgehead atoms.